The van der Waals surface area contributed by atoms with Gasteiger partial charge in [0.25, 0.3) is 0 Å². The van der Waals surface area contributed by atoms with Crippen LogP contribution in [0, 0.1) is 5.92 Å². The molecule has 1 nitrogen and oxygen atoms in total. The molecule has 0 saturated heterocycles. The molecular formula is C15H25N. The molecule has 0 aliphatic carbocycles. The lowest BCUT2D eigenvalue weighted by molar-refractivity contribution is 0.552. The first kappa shape index (κ1) is 13.2. The van der Waals surface area contributed by atoms with Crippen LogP contribution in [-0.2, 0) is 6.54 Å². The second kappa shape index (κ2) is 6.70. The van der Waals surface area contributed by atoms with E-state index >= 15 is 0 Å². The molecule has 90 valence electrons. The Kier molecular flexibility index (Phi) is 5.54. The van der Waals surface area contributed by atoms with E-state index in [1.807, 2.05) is 0 Å². The Morgan fingerprint density at radius 3 is 2.19 bits per heavy atom. The van der Waals surface area contributed by atoms with E-state index in [0.29, 0.717) is 5.92 Å². The molecule has 1 unspecified atom stereocenters. The Labute approximate surface area is 100 Å². The normalized spacial score (nSPS) is 13.1. The molecular weight excluding hydrogens is 194 g/mol. The van der Waals surface area contributed by atoms with Crippen molar-refractivity contribution in [3.05, 3.63) is 35.4 Å². The van der Waals surface area contributed by atoms with Crippen LogP contribution in [0.25, 0.3) is 0 Å². The van der Waals surface area contributed by atoms with Crippen LogP contribution < -0.4 is 5.32 Å². The number of benzene rings is 1. The minimum atomic E-state index is 0.678. The first-order valence-electron chi connectivity index (χ1n) is 6.43. The van der Waals surface area contributed by atoms with Crippen molar-refractivity contribution in [1.29, 1.82) is 0 Å². The fourth-order valence-corrected chi connectivity index (χ4v) is 1.70. The van der Waals surface area contributed by atoms with Gasteiger partial charge in [0.1, 0.15) is 0 Å². The van der Waals surface area contributed by atoms with E-state index in [9.17, 15) is 0 Å². The van der Waals surface area contributed by atoms with E-state index in [-0.39, 0.29) is 0 Å². The zero-order valence-corrected chi connectivity index (χ0v) is 11.1. The van der Waals surface area contributed by atoms with Crippen molar-refractivity contribution in [2.24, 2.45) is 5.92 Å². The fraction of sp³-hybridized carbons (Fsp3) is 0.600. The van der Waals surface area contributed by atoms with E-state index in [1.54, 1.807) is 0 Å². The summed E-state index contributed by atoms with van der Waals surface area (Å²) in [7, 11) is 0. The van der Waals surface area contributed by atoms with Gasteiger partial charge in [-0.15, -0.1) is 0 Å². The quantitative estimate of drug-likeness (QED) is 0.764. The molecule has 0 saturated carbocycles. The molecule has 1 aromatic carbocycles. The minimum absolute atomic E-state index is 0.678. The summed E-state index contributed by atoms with van der Waals surface area (Å²) in [5.74, 6) is 1.40. The molecule has 1 atom stereocenters. The van der Waals surface area contributed by atoms with E-state index in [2.05, 4.69) is 57.3 Å². The Balaban J connectivity index is 2.45. The molecule has 16 heavy (non-hydrogen) atoms. The van der Waals surface area contributed by atoms with Crippen LogP contribution in [0.15, 0.2) is 24.3 Å². The van der Waals surface area contributed by atoms with Gasteiger partial charge >= 0.3 is 0 Å². The molecule has 0 spiro atoms. The van der Waals surface area contributed by atoms with E-state index < -0.39 is 0 Å². The standard InChI is InChI=1S/C15H25N/c1-5-13(4)15-8-6-14(7-9-15)11-16-10-12(2)3/h6-9,12-13,16H,5,10-11H2,1-4H3. The number of hydrogen-bond acceptors (Lipinski definition) is 1. The average Bonchev–Trinajstić information content (AvgIpc) is 2.28. The predicted molar refractivity (Wildman–Crippen MR) is 71.7 cm³/mol. The third-order valence-electron chi connectivity index (χ3n) is 3.04. The van der Waals surface area contributed by atoms with Gasteiger partial charge in [-0.2, -0.15) is 0 Å². The van der Waals surface area contributed by atoms with E-state index in [1.165, 1.54) is 17.5 Å². The summed E-state index contributed by atoms with van der Waals surface area (Å²) in [6.45, 7) is 11.1. The van der Waals surface area contributed by atoms with Gasteiger partial charge < -0.3 is 5.32 Å². The second-order valence-corrected chi connectivity index (χ2v) is 5.08. The summed E-state index contributed by atoms with van der Waals surface area (Å²) >= 11 is 0. The first-order chi connectivity index (χ1) is 7.63. The van der Waals surface area contributed by atoms with E-state index in [4.69, 9.17) is 0 Å². The molecule has 1 rings (SSSR count). The highest BCUT2D eigenvalue weighted by Crippen LogP contribution is 2.18. The smallest absolute Gasteiger partial charge is 0.0205 e. The summed E-state index contributed by atoms with van der Waals surface area (Å²) in [6, 6.07) is 9.02. The Bertz CT molecular complexity index is 287. The highest BCUT2D eigenvalue weighted by molar-refractivity contribution is 5.24. The summed E-state index contributed by atoms with van der Waals surface area (Å²) in [6.07, 6.45) is 1.21. The lowest BCUT2D eigenvalue weighted by atomic mass is 9.98. The number of rotatable bonds is 6. The fourth-order valence-electron chi connectivity index (χ4n) is 1.70. The molecule has 0 aliphatic heterocycles. The van der Waals surface area contributed by atoms with Crippen molar-refractivity contribution in [2.75, 3.05) is 6.54 Å². The second-order valence-electron chi connectivity index (χ2n) is 5.08. The van der Waals surface area contributed by atoms with Gasteiger partial charge in [0.2, 0.25) is 0 Å². The Hall–Kier alpha value is -0.820. The van der Waals surface area contributed by atoms with Gasteiger partial charge in [-0.1, -0.05) is 52.0 Å². The maximum absolute atomic E-state index is 3.46. The van der Waals surface area contributed by atoms with Crippen molar-refractivity contribution in [2.45, 2.75) is 46.6 Å². The molecule has 0 radical (unpaired) electrons. The van der Waals surface area contributed by atoms with Crippen molar-refractivity contribution >= 4 is 0 Å². The highest BCUT2D eigenvalue weighted by Gasteiger charge is 2.02. The molecule has 1 heteroatoms. The predicted octanol–water partition coefficient (Wildman–Crippen LogP) is 3.95. The van der Waals surface area contributed by atoms with Gasteiger partial charge in [0.15, 0.2) is 0 Å². The van der Waals surface area contributed by atoms with Gasteiger partial charge in [0, 0.05) is 6.54 Å². The van der Waals surface area contributed by atoms with E-state index in [0.717, 1.165) is 19.0 Å². The monoisotopic (exact) mass is 219 g/mol. The van der Waals surface area contributed by atoms with Crippen LogP contribution in [0.1, 0.15) is 51.2 Å². The molecule has 0 heterocycles. The van der Waals surface area contributed by atoms with Crippen LogP contribution in [0.5, 0.6) is 0 Å². The van der Waals surface area contributed by atoms with Crippen molar-refractivity contribution in [3.8, 4) is 0 Å². The number of nitrogens with one attached hydrogen (secondary N) is 1. The van der Waals surface area contributed by atoms with Gasteiger partial charge in [-0.05, 0) is 35.9 Å². The zero-order chi connectivity index (χ0) is 12.0. The highest BCUT2D eigenvalue weighted by atomic mass is 14.8. The molecule has 1 aromatic rings. The summed E-state index contributed by atoms with van der Waals surface area (Å²) in [5.41, 5.74) is 2.84. The largest absolute Gasteiger partial charge is 0.312 e. The van der Waals surface area contributed by atoms with Crippen molar-refractivity contribution in [1.82, 2.24) is 5.32 Å². The number of hydrogen-bond donors (Lipinski definition) is 1. The van der Waals surface area contributed by atoms with Crippen LogP contribution in [-0.4, -0.2) is 6.54 Å². The molecule has 0 bridgehead atoms. The summed E-state index contributed by atoms with van der Waals surface area (Å²) in [5, 5.41) is 3.46. The maximum atomic E-state index is 3.46. The van der Waals surface area contributed by atoms with Crippen molar-refractivity contribution < 1.29 is 0 Å². The average molecular weight is 219 g/mol. The van der Waals surface area contributed by atoms with Crippen LogP contribution in [0.3, 0.4) is 0 Å². The topological polar surface area (TPSA) is 12.0 Å². The lowest BCUT2D eigenvalue weighted by Gasteiger charge is -2.11. The molecule has 0 amide bonds. The zero-order valence-electron chi connectivity index (χ0n) is 11.1. The van der Waals surface area contributed by atoms with Crippen molar-refractivity contribution in [3.63, 3.8) is 0 Å². The third-order valence-corrected chi connectivity index (χ3v) is 3.04. The van der Waals surface area contributed by atoms with Crippen LogP contribution >= 0.6 is 0 Å². The van der Waals surface area contributed by atoms with Crippen LogP contribution in [0.2, 0.25) is 0 Å². The van der Waals surface area contributed by atoms with Gasteiger partial charge in [-0.3, -0.25) is 0 Å². The van der Waals surface area contributed by atoms with Gasteiger partial charge in [-0.25, -0.2) is 0 Å². The SMILES string of the molecule is CCC(C)c1ccc(CNCC(C)C)cc1. The summed E-state index contributed by atoms with van der Waals surface area (Å²) < 4.78 is 0. The Morgan fingerprint density at radius 1 is 1.06 bits per heavy atom. The lowest BCUT2D eigenvalue weighted by Crippen LogP contribution is -2.18. The third kappa shape index (κ3) is 4.36. The minimum Gasteiger partial charge on any atom is -0.312 e. The maximum Gasteiger partial charge on any atom is 0.0205 e. The molecule has 0 aliphatic rings. The Morgan fingerprint density at radius 2 is 1.69 bits per heavy atom. The summed E-state index contributed by atoms with van der Waals surface area (Å²) in [4.78, 5) is 0. The molecule has 0 fully saturated rings. The van der Waals surface area contributed by atoms with Gasteiger partial charge in [0.05, 0.1) is 0 Å². The van der Waals surface area contributed by atoms with Crippen LogP contribution in [0.4, 0.5) is 0 Å². The molecule has 1 N–H and O–H groups in total. The first-order valence-corrected chi connectivity index (χ1v) is 6.43. The molecule has 0 aromatic heterocycles.